The molecular formula is C14H9F2IN4O. The van der Waals surface area contributed by atoms with Crippen LogP contribution in [-0.4, -0.2) is 20.5 Å². The first-order valence-corrected chi connectivity index (χ1v) is 7.31. The lowest BCUT2D eigenvalue weighted by Gasteiger charge is -2.06. The lowest BCUT2D eigenvalue weighted by molar-refractivity contribution is 0.102. The lowest BCUT2D eigenvalue weighted by Crippen LogP contribution is -2.14. The normalized spacial score (nSPS) is 10.9. The van der Waals surface area contributed by atoms with Crippen LogP contribution in [-0.2, 0) is 0 Å². The molecule has 0 spiro atoms. The number of anilines is 1. The molecule has 1 aromatic carbocycles. The van der Waals surface area contributed by atoms with Gasteiger partial charge in [0.1, 0.15) is 17.2 Å². The number of carbonyl (C=O) groups is 1. The highest BCUT2D eigenvalue weighted by Crippen LogP contribution is 2.22. The van der Waals surface area contributed by atoms with Gasteiger partial charge in [-0.05, 0) is 47.7 Å². The number of rotatable bonds is 2. The molecule has 0 aliphatic carbocycles. The van der Waals surface area contributed by atoms with Crippen molar-refractivity contribution >= 4 is 39.8 Å². The number of fused-ring (bicyclic) bond motifs is 1. The molecule has 0 bridgehead atoms. The monoisotopic (exact) mass is 414 g/mol. The van der Waals surface area contributed by atoms with Crippen molar-refractivity contribution in [2.45, 2.75) is 6.92 Å². The van der Waals surface area contributed by atoms with Crippen LogP contribution in [0.5, 0.6) is 0 Å². The van der Waals surface area contributed by atoms with Gasteiger partial charge in [-0.2, -0.15) is 5.10 Å². The highest BCUT2D eigenvalue weighted by Gasteiger charge is 2.19. The summed E-state index contributed by atoms with van der Waals surface area (Å²) in [5.74, 6) is -1.98. The van der Waals surface area contributed by atoms with E-state index in [1.807, 2.05) is 0 Å². The van der Waals surface area contributed by atoms with E-state index in [9.17, 15) is 13.6 Å². The second-order valence-electron chi connectivity index (χ2n) is 4.56. The molecule has 2 aromatic heterocycles. The van der Waals surface area contributed by atoms with Gasteiger partial charge in [0.15, 0.2) is 5.65 Å². The Morgan fingerprint density at radius 1 is 1.32 bits per heavy atom. The average molecular weight is 414 g/mol. The number of carbonyl (C=O) groups excluding carboxylic acids is 1. The zero-order valence-corrected chi connectivity index (χ0v) is 13.4. The summed E-state index contributed by atoms with van der Waals surface area (Å²) in [5.41, 5.74) is 1.15. The van der Waals surface area contributed by atoms with Crippen molar-refractivity contribution in [1.29, 1.82) is 0 Å². The molecule has 2 heterocycles. The summed E-state index contributed by atoms with van der Waals surface area (Å²) in [6.07, 6.45) is 3.20. The summed E-state index contributed by atoms with van der Waals surface area (Å²) >= 11 is 1.56. The van der Waals surface area contributed by atoms with Crippen LogP contribution in [0.25, 0.3) is 5.65 Å². The standard InChI is InChI=1S/C14H9F2IN4O/c1-7-11(13-18-3-2-4-21(13)20-7)14(22)19-8-5-9(15)12(17)10(16)6-8/h2-6H,1H3,(H,19,22). The SMILES string of the molecule is Cc1nn2cccnc2c1C(=O)Nc1cc(F)c(I)c(F)c1. The predicted octanol–water partition coefficient (Wildman–Crippen LogP) is 3.17. The number of halogens is 3. The summed E-state index contributed by atoms with van der Waals surface area (Å²) in [5, 5.41) is 6.64. The maximum Gasteiger partial charge on any atom is 0.261 e. The number of nitrogens with one attached hydrogen (secondary N) is 1. The van der Waals surface area contributed by atoms with Crippen LogP contribution in [0.1, 0.15) is 16.1 Å². The van der Waals surface area contributed by atoms with Crippen molar-refractivity contribution in [1.82, 2.24) is 14.6 Å². The Balaban J connectivity index is 1.99. The van der Waals surface area contributed by atoms with E-state index in [-0.39, 0.29) is 14.8 Å². The molecule has 112 valence electrons. The van der Waals surface area contributed by atoms with E-state index in [1.54, 1.807) is 41.8 Å². The van der Waals surface area contributed by atoms with E-state index in [0.717, 1.165) is 12.1 Å². The zero-order valence-electron chi connectivity index (χ0n) is 11.3. The number of nitrogens with zero attached hydrogens (tertiary/aromatic N) is 3. The number of hydrogen-bond acceptors (Lipinski definition) is 3. The zero-order chi connectivity index (χ0) is 15.9. The van der Waals surface area contributed by atoms with Crippen LogP contribution >= 0.6 is 22.6 Å². The van der Waals surface area contributed by atoms with Gasteiger partial charge in [-0.1, -0.05) is 0 Å². The van der Waals surface area contributed by atoms with Crippen molar-refractivity contribution in [3.8, 4) is 0 Å². The van der Waals surface area contributed by atoms with Gasteiger partial charge in [0.05, 0.1) is 9.26 Å². The first-order valence-electron chi connectivity index (χ1n) is 6.23. The van der Waals surface area contributed by atoms with E-state index in [0.29, 0.717) is 11.3 Å². The van der Waals surface area contributed by atoms with Gasteiger partial charge in [-0.15, -0.1) is 0 Å². The molecule has 0 unspecified atom stereocenters. The molecule has 3 aromatic rings. The van der Waals surface area contributed by atoms with Crippen LogP contribution in [0.2, 0.25) is 0 Å². The van der Waals surface area contributed by atoms with Gasteiger partial charge < -0.3 is 5.32 Å². The predicted molar refractivity (Wildman–Crippen MR) is 84.8 cm³/mol. The van der Waals surface area contributed by atoms with Crippen molar-refractivity contribution in [2.75, 3.05) is 5.32 Å². The summed E-state index contributed by atoms with van der Waals surface area (Å²) in [6, 6.07) is 3.82. The van der Waals surface area contributed by atoms with Crippen molar-refractivity contribution in [2.24, 2.45) is 0 Å². The molecule has 0 saturated carbocycles. The maximum absolute atomic E-state index is 13.5. The number of benzene rings is 1. The van der Waals surface area contributed by atoms with E-state index in [2.05, 4.69) is 15.4 Å². The fourth-order valence-electron chi connectivity index (χ4n) is 2.08. The third-order valence-corrected chi connectivity index (χ3v) is 4.07. The highest BCUT2D eigenvalue weighted by molar-refractivity contribution is 14.1. The molecule has 0 aliphatic heterocycles. The van der Waals surface area contributed by atoms with Crippen molar-refractivity contribution in [3.05, 3.63) is 57.1 Å². The summed E-state index contributed by atoms with van der Waals surface area (Å²) < 4.78 is 28.4. The first-order chi connectivity index (χ1) is 10.5. The highest BCUT2D eigenvalue weighted by atomic mass is 127. The molecule has 0 saturated heterocycles. The molecule has 0 atom stereocenters. The lowest BCUT2D eigenvalue weighted by atomic mass is 10.2. The fraction of sp³-hybridized carbons (Fsp3) is 0.0714. The van der Waals surface area contributed by atoms with E-state index in [1.165, 1.54) is 10.7 Å². The Bertz CT molecular complexity index is 871. The minimum absolute atomic E-state index is 0.0371. The second kappa shape index (κ2) is 5.59. The van der Waals surface area contributed by atoms with Gasteiger partial charge in [0.2, 0.25) is 0 Å². The number of aryl methyl sites for hydroxylation is 1. The van der Waals surface area contributed by atoms with Gasteiger partial charge in [0.25, 0.3) is 5.91 Å². The Hall–Kier alpha value is -2.10. The van der Waals surface area contributed by atoms with Crippen LogP contribution < -0.4 is 5.32 Å². The summed E-state index contributed by atoms with van der Waals surface area (Å²) in [6.45, 7) is 1.67. The Morgan fingerprint density at radius 2 is 2.00 bits per heavy atom. The third-order valence-electron chi connectivity index (χ3n) is 3.04. The number of hydrogen-bond donors (Lipinski definition) is 1. The first kappa shape index (κ1) is 14.8. The quantitative estimate of drug-likeness (QED) is 0.518. The summed E-state index contributed by atoms with van der Waals surface area (Å²) in [7, 11) is 0. The number of amides is 1. The van der Waals surface area contributed by atoms with Gasteiger partial charge in [-0.25, -0.2) is 18.3 Å². The van der Waals surface area contributed by atoms with Gasteiger partial charge >= 0.3 is 0 Å². The largest absolute Gasteiger partial charge is 0.322 e. The summed E-state index contributed by atoms with van der Waals surface area (Å²) in [4.78, 5) is 16.5. The van der Waals surface area contributed by atoms with Crippen molar-refractivity contribution < 1.29 is 13.6 Å². The van der Waals surface area contributed by atoms with Crippen molar-refractivity contribution in [3.63, 3.8) is 0 Å². The second-order valence-corrected chi connectivity index (χ2v) is 5.64. The fourth-order valence-corrected chi connectivity index (χ4v) is 2.40. The minimum Gasteiger partial charge on any atom is -0.322 e. The maximum atomic E-state index is 13.5. The van der Waals surface area contributed by atoms with Gasteiger partial charge in [-0.3, -0.25) is 4.79 Å². The van der Waals surface area contributed by atoms with Gasteiger partial charge in [0, 0.05) is 18.1 Å². The molecule has 0 radical (unpaired) electrons. The Morgan fingerprint density at radius 3 is 2.68 bits per heavy atom. The smallest absolute Gasteiger partial charge is 0.261 e. The van der Waals surface area contributed by atoms with Crippen LogP contribution in [0.15, 0.2) is 30.6 Å². The Kier molecular flexibility index (Phi) is 3.77. The van der Waals surface area contributed by atoms with Crippen LogP contribution in [0.3, 0.4) is 0 Å². The third kappa shape index (κ3) is 2.54. The average Bonchev–Trinajstić information content (AvgIpc) is 2.80. The molecule has 0 fully saturated rings. The van der Waals surface area contributed by atoms with E-state index >= 15 is 0 Å². The van der Waals surface area contributed by atoms with E-state index in [4.69, 9.17) is 0 Å². The molecule has 3 rings (SSSR count). The molecule has 8 heteroatoms. The van der Waals surface area contributed by atoms with Crippen LogP contribution in [0.4, 0.5) is 14.5 Å². The van der Waals surface area contributed by atoms with E-state index < -0.39 is 17.5 Å². The molecule has 5 nitrogen and oxygen atoms in total. The molecular weight excluding hydrogens is 405 g/mol. The minimum atomic E-state index is -0.731. The molecule has 0 aliphatic rings. The topological polar surface area (TPSA) is 59.3 Å². The number of aromatic nitrogens is 3. The molecule has 22 heavy (non-hydrogen) atoms. The molecule has 1 N–H and O–H groups in total. The van der Waals surface area contributed by atoms with Crippen LogP contribution in [0, 0.1) is 22.1 Å². The Labute approximate surface area is 137 Å². The molecule has 1 amide bonds.